The summed E-state index contributed by atoms with van der Waals surface area (Å²) in [7, 11) is 0. The molecule has 0 spiro atoms. The summed E-state index contributed by atoms with van der Waals surface area (Å²) in [6.07, 6.45) is 0.561. The minimum absolute atomic E-state index is 0.271. The van der Waals surface area contributed by atoms with Gasteiger partial charge in [-0.05, 0) is 36.1 Å². The Hall–Kier alpha value is -0.530. The Bertz CT molecular complexity index is 309. The van der Waals surface area contributed by atoms with Crippen LogP contribution in [-0.4, -0.2) is 5.11 Å². The molecule has 1 aromatic carbocycles. The van der Waals surface area contributed by atoms with Crippen molar-refractivity contribution in [3.8, 4) is 0 Å². The topological polar surface area (TPSA) is 20.2 Å². The molecule has 1 N–H and O–H groups in total. The van der Waals surface area contributed by atoms with E-state index < -0.39 is 6.10 Å². The zero-order valence-corrected chi connectivity index (χ0v) is 9.67. The van der Waals surface area contributed by atoms with E-state index in [0.29, 0.717) is 5.02 Å². The van der Waals surface area contributed by atoms with Crippen LogP contribution in [0.4, 0.5) is 0 Å². The Labute approximate surface area is 90.7 Å². The van der Waals surface area contributed by atoms with Crippen molar-refractivity contribution < 1.29 is 5.11 Å². The van der Waals surface area contributed by atoms with Gasteiger partial charge in [0.1, 0.15) is 0 Å². The fourth-order valence-corrected chi connectivity index (χ4v) is 1.64. The molecule has 1 nitrogen and oxygen atoms in total. The minimum atomic E-state index is -0.404. The van der Waals surface area contributed by atoms with Gasteiger partial charge in [-0.3, -0.25) is 0 Å². The summed E-state index contributed by atoms with van der Waals surface area (Å²) in [4.78, 5) is 0. The SMILES string of the molecule is CCC(C)C(O)c1cc(Cl)ccc1C. The number of hydrogen-bond donors (Lipinski definition) is 1. The van der Waals surface area contributed by atoms with E-state index in [2.05, 4.69) is 6.92 Å². The highest BCUT2D eigenvalue weighted by molar-refractivity contribution is 6.30. The molecule has 0 radical (unpaired) electrons. The van der Waals surface area contributed by atoms with Gasteiger partial charge in [-0.25, -0.2) is 0 Å². The van der Waals surface area contributed by atoms with Crippen LogP contribution in [0.5, 0.6) is 0 Å². The van der Waals surface area contributed by atoms with Crippen LogP contribution in [-0.2, 0) is 0 Å². The van der Waals surface area contributed by atoms with Gasteiger partial charge in [0.15, 0.2) is 0 Å². The van der Waals surface area contributed by atoms with Gasteiger partial charge in [0.05, 0.1) is 6.10 Å². The smallest absolute Gasteiger partial charge is 0.0818 e. The number of benzene rings is 1. The third kappa shape index (κ3) is 2.49. The van der Waals surface area contributed by atoms with Crippen LogP contribution in [0.1, 0.15) is 37.5 Å². The molecular weight excluding hydrogens is 196 g/mol. The molecular formula is C12H17ClO. The van der Waals surface area contributed by atoms with Gasteiger partial charge in [-0.1, -0.05) is 37.9 Å². The number of aliphatic hydroxyl groups excluding tert-OH is 1. The van der Waals surface area contributed by atoms with E-state index in [9.17, 15) is 5.11 Å². The van der Waals surface area contributed by atoms with Gasteiger partial charge in [0.2, 0.25) is 0 Å². The fourth-order valence-electron chi connectivity index (χ4n) is 1.46. The van der Waals surface area contributed by atoms with Crippen molar-refractivity contribution >= 4 is 11.6 Å². The van der Waals surface area contributed by atoms with Crippen molar-refractivity contribution in [3.63, 3.8) is 0 Å². The molecule has 0 saturated heterocycles. The Morgan fingerprint density at radius 2 is 2.07 bits per heavy atom. The highest BCUT2D eigenvalue weighted by Gasteiger charge is 2.16. The normalized spacial score (nSPS) is 15.2. The van der Waals surface area contributed by atoms with Crippen LogP contribution < -0.4 is 0 Å². The molecule has 0 aromatic heterocycles. The maximum absolute atomic E-state index is 10.0. The van der Waals surface area contributed by atoms with E-state index in [1.807, 2.05) is 32.0 Å². The molecule has 78 valence electrons. The molecule has 1 rings (SSSR count). The molecule has 0 bridgehead atoms. The Kier molecular flexibility index (Phi) is 3.97. The van der Waals surface area contributed by atoms with Crippen molar-refractivity contribution in [2.75, 3.05) is 0 Å². The minimum Gasteiger partial charge on any atom is -0.388 e. The van der Waals surface area contributed by atoms with Gasteiger partial charge in [0, 0.05) is 5.02 Å². The number of halogens is 1. The quantitative estimate of drug-likeness (QED) is 0.810. The zero-order chi connectivity index (χ0) is 10.7. The third-order valence-corrected chi connectivity index (χ3v) is 2.98. The molecule has 2 atom stereocenters. The summed E-state index contributed by atoms with van der Waals surface area (Å²) in [5.41, 5.74) is 2.05. The second-order valence-corrected chi connectivity index (χ2v) is 4.27. The first kappa shape index (κ1) is 11.5. The molecule has 1 aromatic rings. The molecule has 0 aliphatic heterocycles. The number of hydrogen-bond acceptors (Lipinski definition) is 1. The lowest BCUT2D eigenvalue weighted by Crippen LogP contribution is -2.09. The maximum atomic E-state index is 10.0. The first-order valence-corrected chi connectivity index (χ1v) is 5.38. The van der Waals surface area contributed by atoms with Gasteiger partial charge >= 0.3 is 0 Å². The third-order valence-electron chi connectivity index (χ3n) is 2.74. The fraction of sp³-hybridized carbons (Fsp3) is 0.500. The number of aryl methyl sites for hydroxylation is 1. The summed E-state index contributed by atoms with van der Waals surface area (Å²) in [6, 6.07) is 5.65. The second kappa shape index (κ2) is 4.81. The van der Waals surface area contributed by atoms with E-state index in [0.717, 1.165) is 17.5 Å². The Balaban J connectivity index is 2.99. The number of aliphatic hydroxyl groups is 1. The maximum Gasteiger partial charge on any atom is 0.0818 e. The lowest BCUT2D eigenvalue weighted by molar-refractivity contribution is 0.115. The van der Waals surface area contributed by atoms with Crippen LogP contribution in [0.15, 0.2) is 18.2 Å². The van der Waals surface area contributed by atoms with Crippen molar-refractivity contribution in [3.05, 3.63) is 34.3 Å². The van der Waals surface area contributed by atoms with Crippen molar-refractivity contribution in [1.82, 2.24) is 0 Å². The predicted octanol–water partition coefficient (Wildman–Crippen LogP) is 3.73. The van der Waals surface area contributed by atoms with Gasteiger partial charge in [-0.15, -0.1) is 0 Å². The highest BCUT2D eigenvalue weighted by Crippen LogP contribution is 2.28. The van der Waals surface area contributed by atoms with Crippen LogP contribution in [0.3, 0.4) is 0 Å². The van der Waals surface area contributed by atoms with Crippen LogP contribution in [0.25, 0.3) is 0 Å². The van der Waals surface area contributed by atoms with Crippen molar-refractivity contribution in [1.29, 1.82) is 0 Å². The predicted molar refractivity (Wildman–Crippen MR) is 60.6 cm³/mol. The van der Waals surface area contributed by atoms with E-state index in [1.54, 1.807) is 0 Å². The summed E-state index contributed by atoms with van der Waals surface area (Å²) in [5.74, 6) is 0.271. The molecule has 0 aliphatic rings. The van der Waals surface area contributed by atoms with Crippen LogP contribution in [0, 0.1) is 12.8 Å². The van der Waals surface area contributed by atoms with Gasteiger partial charge < -0.3 is 5.11 Å². The average molecular weight is 213 g/mol. The summed E-state index contributed by atoms with van der Waals surface area (Å²) < 4.78 is 0. The zero-order valence-electron chi connectivity index (χ0n) is 8.92. The average Bonchev–Trinajstić information content (AvgIpc) is 2.19. The Morgan fingerprint density at radius 1 is 1.43 bits per heavy atom. The highest BCUT2D eigenvalue weighted by atomic mass is 35.5. The standard InChI is InChI=1S/C12H17ClO/c1-4-8(2)12(14)11-7-10(13)6-5-9(11)3/h5-8,12,14H,4H2,1-3H3. The van der Waals surface area contributed by atoms with E-state index >= 15 is 0 Å². The van der Waals surface area contributed by atoms with E-state index in [1.165, 1.54) is 0 Å². The van der Waals surface area contributed by atoms with Gasteiger partial charge in [0.25, 0.3) is 0 Å². The van der Waals surface area contributed by atoms with Crippen LogP contribution in [0.2, 0.25) is 5.02 Å². The molecule has 0 amide bonds. The molecule has 2 unspecified atom stereocenters. The lowest BCUT2D eigenvalue weighted by Gasteiger charge is -2.19. The second-order valence-electron chi connectivity index (χ2n) is 3.83. The lowest BCUT2D eigenvalue weighted by atomic mass is 9.92. The first-order valence-electron chi connectivity index (χ1n) is 5.00. The number of rotatable bonds is 3. The monoisotopic (exact) mass is 212 g/mol. The van der Waals surface area contributed by atoms with Crippen LogP contribution >= 0.6 is 11.6 Å². The summed E-state index contributed by atoms with van der Waals surface area (Å²) >= 11 is 5.90. The summed E-state index contributed by atoms with van der Waals surface area (Å²) in [6.45, 7) is 6.12. The molecule has 0 saturated carbocycles. The van der Waals surface area contributed by atoms with E-state index in [-0.39, 0.29) is 5.92 Å². The van der Waals surface area contributed by atoms with Crippen molar-refractivity contribution in [2.24, 2.45) is 5.92 Å². The van der Waals surface area contributed by atoms with E-state index in [4.69, 9.17) is 11.6 Å². The molecule has 0 heterocycles. The Morgan fingerprint density at radius 3 is 2.64 bits per heavy atom. The molecule has 2 heteroatoms. The molecule has 14 heavy (non-hydrogen) atoms. The van der Waals surface area contributed by atoms with Crippen molar-refractivity contribution in [2.45, 2.75) is 33.3 Å². The molecule has 0 fully saturated rings. The molecule has 0 aliphatic carbocycles. The van der Waals surface area contributed by atoms with Gasteiger partial charge in [-0.2, -0.15) is 0 Å². The largest absolute Gasteiger partial charge is 0.388 e. The first-order chi connectivity index (χ1) is 6.56. The summed E-state index contributed by atoms with van der Waals surface area (Å²) in [5, 5.41) is 10.7.